The molecule has 1 fully saturated rings. The molecule has 0 aliphatic carbocycles. The van der Waals surface area contributed by atoms with Crippen LogP contribution in [0.25, 0.3) is 11.3 Å². The maximum absolute atomic E-state index is 5.88. The molecular weight excluding hydrogens is 290 g/mol. The first-order valence-corrected chi connectivity index (χ1v) is 7.65. The predicted octanol–water partition coefficient (Wildman–Crippen LogP) is 3.23. The quantitative estimate of drug-likeness (QED) is 0.745. The van der Waals surface area contributed by atoms with Crippen molar-refractivity contribution in [2.24, 2.45) is 0 Å². The van der Waals surface area contributed by atoms with E-state index in [0.29, 0.717) is 13.2 Å². The highest BCUT2D eigenvalue weighted by Gasteiger charge is 2.26. The maximum atomic E-state index is 5.88. The topological polar surface area (TPSA) is 49.2 Å². The summed E-state index contributed by atoms with van der Waals surface area (Å²) in [6.45, 7) is 1.09. The fourth-order valence-corrected chi connectivity index (χ4v) is 2.77. The van der Waals surface area contributed by atoms with Gasteiger partial charge in [-0.2, -0.15) is 0 Å². The van der Waals surface area contributed by atoms with E-state index in [1.165, 1.54) is 0 Å². The smallest absolute Gasteiger partial charge is 0.184 e. The summed E-state index contributed by atoms with van der Waals surface area (Å²) in [4.78, 5) is 0. The number of aromatic nitrogens is 3. The van der Waals surface area contributed by atoms with Gasteiger partial charge in [0, 0.05) is 11.1 Å². The zero-order valence-electron chi connectivity index (χ0n) is 12.6. The molecule has 0 N–H and O–H groups in total. The van der Waals surface area contributed by atoms with Gasteiger partial charge < -0.3 is 9.47 Å². The van der Waals surface area contributed by atoms with Crippen molar-refractivity contribution >= 4 is 0 Å². The molecule has 5 heteroatoms. The van der Waals surface area contributed by atoms with Crippen molar-refractivity contribution in [1.29, 1.82) is 0 Å². The van der Waals surface area contributed by atoms with Gasteiger partial charge in [-0.3, -0.25) is 0 Å². The zero-order chi connectivity index (χ0) is 15.5. The number of benzene rings is 2. The Kier molecular flexibility index (Phi) is 3.88. The first kappa shape index (κ1) is 14.1. The summed E-state index contributed by atoms with van der Waals surface area (Å²) < 4.78 is 13.6. The summed E-state index contributed by atoms with van der Waals surface area (Å²) in [7, 11) is 0. The molecule has 1 aliphatic heterocycles. The number of ether oxygens (including phenoxy) is 2. The second kappa shape index (κ2) is 6.32. The molecule has 2 heterocycles. The molecule has 0 spiro atoms. The molecule has 0 bridgehead atoms. The third-order valence-electron chi connectivity index (χ3n) is 3.94. The fourth-order valence-electron chi connectivity index (χ4n) is 2.77. The molecule has 23 heavy (non-hydrogen) atoms. The van der Waals surface area contributed by atoms with Crippen LogP contribution in [0.3, 0.4) is 0 Å². The van der Waals surface area contributed by atoms with Crippen molar-refractivity contribution in [1.82, 2.24) is 15.0 Å². The van der Waals surface area contributed by atoms with Gasteiger partial charge in [0.25, 0.3) is 0 Å². The van der Waals surface area contributed by atoms with Crippen molar-refractivity contribution in [3.63, 3.8) is 0 Å². The van der Waals surface area contributed by atoms with E-state index in [0.717, 1.165) is 16.8 Å². The van der Waals surface area contributed by atoms with Crippen LogP contribution in [0, 0.1) is 0 Å². The summed E-state index contributed by atoms with van der Waals surface area (Å²) in [5.74, 6) is 0. The van der Waals surface area contributed by atoms with Gasteiger partial charge in [0.15, 0.2) is 6.29 Å². The summed E-state index contributed by atoms with van der Waals surface area (Å²) in [5, 5.41) is 8.27. The van der Waals surface area contributed by atoms with Gasteiger partial charge in [0.05, 0.1) is 25.1 Å². The van der Waals surface area contributed by atoms with Gasteiger partial charge in [0.2, 0.25) is 0 Å². The summed E-state index contributed by atoms with van der Waals surface area (Å²) in [6.07, 6.45) is 1.47. The highest BCUT2D eigenvalue weighted by molar-refractivity contribution is 5.58. The van der Waals surface area contributed by atoms with Crippen molar-refractivity contribution in [3.05, 3.63) is 72.4 Å². The SMILES string of the molecule is c1ccc(-c2cnnn2C2COC(c3ccccc3)OC2)cc1. The Hall–Kier alpha value is -2.50. The van der Waals surface area contributed by atoms with Gasteiger partial charge in [-0.15, -0.1) is 5.10 Å². The van der Waals surface area contributed by atoms with Gasteiger partial charge in [-0.1, -0.05) is 65.9 Å². The summed E-state index contributed by atoms with van der Waals surface area (Å²) in [5.41, 5.74) is 3.09. The predicted molar refractivity (Wildman–Crippen MR) is 85.6 cm³/mol. The van der Waals surface area contributed by atoms with Crippen molar-refractivity contribution in [2.75, 3.05) is 13.2 Å². The van der Waals surface area contributed by atoms with E-state index in [4.69, 9.17) is 9.47 Å². The van der Waals surface area contributed by atoms with Crippen LogP contribution in [-0.4, -0.2) is 28.2 Å². The Labute approximate surface area is 134 Å². The second-order valence-electron chi connectivity index (χ2n) is 5.49. The second-order valence-corrected chi connectivity index (χ2v) is 5.49. The normalized spacial score (nSPS) is 21.2. The van der Waals surface area contributed by atoms with Crippen LogP contribution in [0.4, 0.5) is 0 Å². The number of hydrogen-bond acceptors (Lipinski definition) is 4. The van der Waals surface area contributed by atoms with Gasteiger partial charge in [0.1, 0.15) is 6.04 Å². The van der Waals surface area contributed by atoms with E-state index < -0.39 is 0 Å². The Morgan fingerprint density at radius 1 is 0.870 bits per heavy atom. The fraction of sp³-hybridized carbons (Fsp3) is 0.222. The molecule has 1 aromatic heterocycles. The van der Waals surface area contributed by atoms with E-state index >= 15 is 0 Å². The van der Waals surface area contributed by atoms with Gasteiger partial charge in [-0.25, -0.2) is 4.68 Å². The first-order valence-electron chi connectivity index (χ1n) is 7.65. The van der Waals surface area contributed by atoms with E-state index in [-0.39, 0.29) is 12.3 Å². The minimum absolute atomic E-state index is 0.0210. The summed E-state index contributed by atoms with van der Waals surface area (Å²) in [6, 6.07) is 20.1. The van der Waals surface area contributed by atoms with E-state index in [9.17, 15) is 0 Å². The number of rotatable bonds is 3. The van der Waals surface area contributed by atoms with Gasteiger partial charge >= 0.3 is 0 Å². The number of hydrogen-bond donors (Lipinski definition) is 0. The standard InChI is InChI=1S/C18H17N3O2/c1-3-7-14(8-4-1)17-11-19-20-21(17)16-12-22-18(23-13-16)15-9-5-2-6-10-15/h1-11,16,18H,12-13H2. The molecule has 0 unspecified atom stereocenters. The largest absolute Gasteiger partial charge is 0.346 e. The van der Waals surface area contributed by atoms with Crippen LogP contribution in [-0.2, 0) is 9.47 Å². The van der Waals surface area contributed by atoms with E-state index in [1.807, 2.05) is 65.3 Å². The third-order valence-corrected chi connectivity index (χ3v) is 3.94. The molecule has 0 saturated carbocycles. The molecular formula is C18H17N3O2. The molecule has 0 radical (unpaired) electrons. The van der Waals surface area contributed by atoms with Crippen LogP contribution >= 0.6 is 0 Å². The van der Waals surface area contributed by atoms with Gasteiger partial charge in [-0.05, 0) is 0 Å². The molecule has 0 amide bonds. The van der Waals surface area contributed by atoms with E-state index in [1.54, 1.807) is 6.20 Å². The third kappa shape index (κ3) is 2.88. The van der Waals surface area contributed by atoms with Crippen LogP contribution in [0.5, 0.6) is 0 Å². The van der Waals surface area contributed by atoms with Crippen LogP contribution < -0.4 is 0 Å². The molecule has 5 nitrogen and oxygen atoms in total. The summed E-state index contributed by atoms with van der Waals surface area (Å²) >= 11 is 0. The van der Waals surface area contributed by atoms with Crippen molar-refractivity contribution in [2.45, 2.75) is 12.3 Å². The van der Waals surface area contributed by atoms with Crippen LogP contribution in [0.2, 0.25) is 0 Å². The average Bonchev–Trinajstić information content (AvgIpc) is 3.13. The minimum atomic E-state index is -0.309. The number of nitrogens with zero attached hydrogens (tertiary/aromatic N) is 3. The van der Waals surface area contributed by atoms with E-state index in [2.05, 4.69) is 10.3 Å². The monoisotopic (exact) mass is 307 g/mol. The lowest BCUT2D eigenvalue weighted by molar-refractivity contribution is -0.202. The molecule has 1 saturated heterocycles. The Balaban J connectivity index is 1.51. The molecule has 0 atom stereocenters. The lowest BCUT2D eigenvalue weighted by Crippen LogP contribution is -2.30. The lowest BCUT2D eigenvalue weighted by Gasteiger charge is -2.30. The Morgan fingerprint density at radius 2 is 1.52 bits per heavy atom. The average molecular weight is 307 g/mol. The van der Waals surface area contributed by atoms with Crippen molar-refractivity contribution in [3.8, 4) is 11.3 Å². The van der Waals surface area contributed by atoms with Crippen LogP contribution in [0.15, 0.2) is 66.9 Å². The highest BCUT2D eigenvalue weighted by Crippen LogP contribution is 2.29. The van der Waals surface area contributed by atoms with Crippen molar-refractivity contribution < 1.29 is 9.47 Å². The van der Waals surface area contributed by atoms with Crippen LogP contribution in [0.1, 0.15) is 17.9 Å². The first-order chi connectivity index (χ1) is 11.4. The molecule has 2 aromatic carbocycles. The molecule has 4 rings (SSSR count). The molecule has 3 aromatic rings. The highest BCUT2D eigenvalue weighted by atomic mass is 16.7. The zero-order valence-corrected chi connectivity index (χ0v) is 12.6. The maximum Gasteiger partial charge on any atom is 0.184 e. The lowest BCUT2D eigenvalue weighted by atomic mass is 10.1. The Bertz CT molecular complexity index is 750. The molecule has 1 aliphatic rings. The molecule has 116 valence electrons. The minimum Gasteiger partial charge on any atom is -0.346 e. The Morgan fingerprint density at radius 3 is 2.22 bits per heavy atom.